The molecule has 0 saturated carbocycles. The predicted molar refractivity (Wildman–Crippen MR) is 112 cm³/mol. The summed E-state index contributed by atoms with van der Waals surface area (Å²) in [5, 5.41) is 13.3. The van der Waals surface area contributed by atoms with Crippen molar-refractivity contribution in [2.45, 2.75) is 19.4 Å². The molecule has 2 aromatic carbocycles. The number of halogens is 1. The third-order valence-corrected chi connectivity index (χ3v) is 4.95. The van der Waals surface area contributed by atoms with Gasteiger partial charge in [0.25, 0.3) is 0 Å². The molecular formula is C22H28FN3O3. The van der Waals surface area contributed by atoms with E-state index in [9.17, 15) is 14.3 Å². The Balaban J connectivity index is 1.52. The standard InChI is InChI=1S/C22H28FN3O3/c1-2-14-29-22(28)24-18-7-5-6-17(15-18)21(27)16-25-10-12-26(13-11-25)20-9-4-3-8-19(20)23/h3-9,15,21,27H,2,10-14,16H2,1H3,(H,24,28). The van der Waals surface area contributed by atoms with Crippen molar-refractivity contribution in [3.63, 3.8) is 0 Å². The summed E-state index contributed by atoms with van der Waals surface area (Å²) in [6.07, 6.45) is -0.415. The molecule has 1 unspecified atom stereocenters. The maximum Gasteiger partial charge on any atom is 0.411 e. The van der Waals surface area contributed by atoms with Crippen molar-refractivity contribution < 1.29 is 19.0 Å². The zero-order valence-corrected chi connectivity index (χ0v) is 16.7. The molecule has 29 heavy (non-hydrogen) atoms. The molecule has 1 aliphatic heterocycles. The third-order valence-electron chi connectivity index (χ3n) is 4.95. The Kier molecular flexibility index (Phi) is 7.43. The fourth-order valence-corrected chi connectivity index (χ4v) is 3.40. The number of carbonyl (C=O) groups is 1. The quantitative estimate of drug-likeness (QED) is 0.742. The van der Waals surface area contributed by atoms with Crippen molar-refractivity contribution in [1.29, 1.82) is 0 Å². The van der Waals surface area contributed by atoms with Crippen molar-refractivity contribution in [2.24, 2.45) is 0 Å². The SMILES string of the molecule is CCCOC(=O)Nc1cccc(C(O)CN2CCN(c3ccccc3F)CC2)c1. The summed E-state index contributed by atoms with van der Waals surface area (Å²) in [5.41, 5.74) is 1.95. The summed E-state index contributed by atoms with van der Waals surface area (Å²) in [7, 11) is 0. The molecule has 0 aromatic heterocycles. The lowest BCUT2D eigenvalue weighted by Crippen LogP contribution is -2.47. The fraction of sp³-hybridized carbons (Fsp3) is 0.409. The molecule has 0 aliphatic carbocycles. The van der Waals surface area contributed by atoms with Crippen LogP contribution in [0.2, 0.25) is 0 Å². The average molecular weight is 401 g/mol. The highest BCUT2D eigenvalue weighted by Gasteiger charge is 2.21. The second kappa shape index (κ2) is 10.2. The summed E-state index contributed by atoms with van der Waals surface area (Å²) < 4.78 is 19.0. The molecule has 1 saturated heterocycles. The maximum absolute atomic E-state index is 14.0. The van der Waals surface area contributed by atoms with Gasteiger partial charge in [-0.25, -0.2) is 9.18 Å². The summed E-state index contributed by atoms with van der Waals surface area (Å²) in [5.74, 6) is -0.206. The minimum Gasteiger partial charge on any atom is -0.449 e. The van der Waals surface area contributed by atoms with E-state index in [1.165, 1.54) is 6.07 Å². The Labute approximate surface area is 170 Å². The van der Waals surface area contributed by atoms with Crippen LogP contribution in [0.1, 0.15) is 25.0 Å². The summed E-state index contributed by atoms with van der Waals surface area (Å²) in [6.45, 7) is 5.68. The van der Waals surface area contributed by atoms with E-state index in [0.29, 0.717) is 37.6 Å². The number of piperazine rings is 1. The van der Waals surface area contributed by atoms with Crippen LogP contribution in [0, 0.1) is 5.82 Å². The van der Waals surface area contributed by atoms with Gasteiger partial charge in [-0.15, -0.1) is 0 Å². The first-order valence-electron chi connectivity index (χ1n) is 10.0. The van der Waals surface area contributed by atoms with Gasteiger partial charge < -0.3 is 14.7 Å². The monoisotopic (exact) mass is 401 g/mol. The number of aliphatic hydroxyl groups is 1. The van der Waals surface area contributed by atoms with Crippen LogP contribution < -0.4 is 10.2 Å². The van der Waals surface area contributed by atoms with Crippen molar-refractivity contribution in [1.82, 2.24) is 4.90 Å². The summed E-state index contributed by atoms with van der Waals surface area (Å²) in [6, 6.07) is 14.0. The van der Waals surface area contributed by atoms with Gasteiger partial charge in [0, 0.05) is 38.4 Å². The molecule has 1 fully saturated rings. The molecular weight excluding hydrogens is 373 g/mol. The number of hydrogen-bond donors (Lipinski definition) is 2. The van der Waals surface area contributed by atoms with E-state index in [0.717, 1.165) is 25.1 Å². The molecule has 1 amide bonds. The van der Waals surface area contributed by atoms with E-state index in [2.05, 4.69) is 10.2 Å². The predicted octanol–water partition coefficient (Wildman–Crippen LogP) is 3.64. The van der Waals surface area contributed by atoms with E-state index >= 15 is 0 Å². The van der Waals surface area contributed by atoms with Crippen LogP contribution in [-0.2, 0) is 4.74 Å². The molecule has 0 spiro atoms. The van der Waals surface area contributed by atoms with Crippen LogP contribution >= 0.6 is 0 Å². The molecule has 156 valence electrons. The number of amides is 1. The van der Waals surface area contributed by atoms with Gasteiger partial charge >= 0.3 is 6.09 Å². The number of anilines is 2. The van der Waals surface area contributed by atoms with Gasteiger partial charge in [0.1, 0.15) is 5.82 Å². The van der Waals surface area contributed by atoms with Crippen molar-refractivity contribution in [2.75, 3.05) is 49.5 Å². The second-order valence-electron chi connectivity index (χ2n) is 7.14. The van der Waals surface area contributed by atoms with Crippen LogP contribution in [0.25, 0.3) is 0 Å². The molecule has 2 aromatic rings. The average Bonchev–Trinajstić information content (AvgIpc) is 2.73. The normalized spacial score (nSPS) is 15.8. The molecule has 6 nitrogen and oxygen atoms in total. The first kappa shape index (κ1) is 21.1. The molecule has 0 bridgehead atoms. The second-order valence-corrected chi connectivity index (χ2v) is 7.14. The molecule has 3 rings (SSSR count). The van der Waals surface area contributed by atoms with E-state index < -0.39 is 12.2 Å². The van der Waals surface area contributed by atoms with Crippen molar-refractivity contribution in [3.05, 3.63) is 59.9 Å². The van der Waals surface area contributed by atoms with Crippen LogP contribution in [0.5, 0.6) is 0 Å². The zero-order chi connectivity index (χ0) is 20.6. The number of hydrogen-bond acceptors (Lipinski definition) is 5. The minimum atomic E-state index is -0.677. The fourth-order valence-electron chi connectivity index (χ4n) is 3.40. The van der Waals surface area contributed by atoms with Gasteiger partial charge in [-0.1, -0.05) is 31.2 Å². The number of para-hydroxylation sites is 1. The lowest BCUT2D eigenvalue weighted by atomic mass is 10.1. The number of rotatable bonds is 7. The van der Waals surface area contributed by atoms with Gasteiger partial charge in [0.2, 0.25) is 0 Å². The molecule has 1 atom stereocenters. The van der Waals surface area contributed by atoms with E-state index in [4.69, 9.17) is 4.74 Å². The van der Waals surface area contributed by atoms with Gasteiger partial charge in [-0.2, -0.15) is 0 Å². The van der Waals surface area contributed by atoms with Gasteiger partial charge in [0.15, 0.2) is 0 Å². The highest BCUT2D eigenvalue weighted by atomic mass is 19.1. The van der Waals surface area contributed by atoms with Crippen LogP contribution in [-0.4, -0.2) is 55.4 Å². The Morgan fingerprint density at radius 1 is 1.17 bits per heavy atom. The number of β-amino-alcohol motifs (C(OH)–C–C–N with tert-alkyl or cyclic N) is 1. The van der Waals surface area contributed by atoms with Crippen LogP contribution in [0.3, 0.4) is 0 Å². The van der Waals surface area contributed by atoms with Crippen molar-refractivity contribution >= 4 is 17.5 Å². The number of benzene rings is 2. The maximum atomic E-state index is 14.0. The van der Waals surface area contributed by atoms with Crippen LogP contribution in [0.4, 0.5) is 20.6 Å². The topological polar surface area (TPSA) is 65.0 Å². The number of ether oxygens (including phenoxy) is 1. The van der Waals surface area contributed by atoms with E-state index in [1.807, 2.05) is 24.0 Å². The smallest absolute Gasteiger partial charge is 0.411 e. The highest BCUT2D eigenvalue weighted by molar-refractivity contribution is 5.84. The van der Waals surface area contributed by atoms with Gasteiger partial charge in [0.05, 0.1) is 18.4 Å². The van der Waals surface area contributed by atoms with E-state index in [1.54, 1.807) is 30.3 Å². The minimum absolute atomic E-state index is 0.206. The van der Waals surface area contributed by atoms with Crippen LogP contribution in [0.15, 0.2) is 48.5 Å². The Morgan fingerprint density at radius 3 is 2.66 bits per heavy atom. The number of carbonyl (C=O) groups excluding carboxylic acids is 1. The Morgan fingerprint density at radius 2 is 1.93 bits per heavy atom. The number of aliphatic hydroxyl groups excluding tert-OH is 1. The highest BCUT2D eigenvalue weighted by Crippen LogP contribution is 2.22. The number of nitrogens with one attached hydrogen (secondary N) is 1. The Bertz CT molecular complexity index is 809. The van der Waals surface area contributed by atoms with Crippen molar-refractivity contribution in [3.8, 4) is 0 Å². The molecule has 1 heterocycles. The lowest BCUT2D eigenvalue weighted by molar-refractivity contribution is 0.109. The van der Waals surface area contributed by atoms with E-state index in [-0.39, 0.29) is 5.82 Å². The number of nitrogens with zero attached hydrogens (tertiary/aromatic N) is 2. The third kappa shape index (κ3) is 5.92. The summed E-state index contributed by atoms with van der Waals surface area (Å²) in [4.78, 5) is 15.9. The zero-order valence-electron chi connectivity index (χ0n) is 16.7. The molecule has 7 heteroatoms. The molecule has 2 N–H and O–H groups in total. The van der Waals surface area contributed by atoms with Gasteiger partial charge in [-0.05, 0) is 36.2 Å². The van der Waals surface area contributed by atoms with Gasteiger partial charge in [-0.3, -0.25) is 10.2 Å². The lowest BCUT2D eigenvalue weighted by Gasteiger charge is -2.37. The largest absolute Gasteiger partial charge is 0.449 e. The Hall–Kier alpha value is -2.64. The summed E-state index contributed by atoms with van der Waals surface area (Å²) >= 11 is 0. The molecule has 0 radical (unpaired) electrons. The first-order valence-corrected chi connectivity index (χ1v) is 10.0. The molecule has 1 aliphatic rings. The first-order chi connectivity index (χ1) is 14.1.